The lowest BCUT2D eigenvalue weighted by Crippen LogP contribution is -2.53. The van der Waals surface area contributed by atoms with Gasteiger partial charge >= 0.3 is 0 Å². The first-order valence-electron chi connectivity index (χ1n) is 9.79. The van der Waals surface area contributed by atoms with Gasteiger partial charge in [-0.15, -0.1) is 0 Å². The molecule has 1 fully saturated rings. The van der Waals surface area contributed by atoms with E-state index in [1.807, 2.05) is 0 Å². The van der Waals surface area contributed by atoms with E-state index in [9.17, 15) is 18.8 Å². The normalized spacial score (nSPS) is 15.3. The number of nitrogens with zero attached hydrogens (tertiary/aromatic N) is 3. The monoisotopic (exact) mass is 413 g/mol. The van der Waals surface area contributed by atoms with Crippen LogP contribution in [0.3, 0.4) is 0 Å². The van der Waals surface area contributed by atoms with Gasteiger partial charge in [-0.05, 0) is 30.5 Å². The number of piperidine rings is 1. The minimum absolute atomic E-state index is 0.104. The predicted molar refractivity (Wildman–Crippen MR) is 107 cm³/mol. The predicted octanol–water partition coefficient (Wildman–Crippen LogP) is 1.08. The molecule has 8 nitrogen and oxygen atoms in total. The number of hydrogen-bond donors (Lipinski definition) is 2. The van der Waals surface area contributed by atoms with E-state index >= 15 is 0 Å². The molecule has 0 bridgehead atoms. The Morgan fingerprint density at radius 2 is 1.87 bits per heavy atom. The molecule has 0 spiro atoms. The van der Waals surface area contributed by atoms with Crippen LogP contribution in [-0.4, -0.2) is 57.8 Å². The Labute approximate surface area is 173 Å². The van der Waals surface area contributed by atoms with Gasteiger partial charge in [0.25, 0.3) is 5.91 Å². The molecule has 1 aromatic carbocycles. The molecule has 1 aliphatic heterocycles. The minimum Gasteiger partial charge on any atom is -0.351 e. The van der Waals surface area contributed by atoms with E-state index < -0.39 is 6.04 Å². The van der Waals surface area contributed by atoms with Crippen molar-refractivity contribution in [1.29, 1.82) is 0 Å². The molecule has 1 saturated heterocycles. The quantitative estimate of drug-likeness (QED) is 0.738. The van der Waals surface area contributed by atoms with Crippen LogP contribution < -0.4 is 10.6 Å². The molecule has 1 atom stereocenters. The minimum atomic E-state index is -0.757. The average molecular weight is 413 g/mol. The number of aromatic nitrogens is 2. The molecule has 0 saturated carbocycles. The molecule has 3 rings (SSSR count). The third-order valence-electron chi connectivity index (χ3n) is 4.96. The fourth-order valence-corrected chi connectivity index (χ4v) is 3.41. The molecule has 1 aliphatic rings. The van der Waals surface area contributed by atoms with Gasteiger partial charge in [-0.25, -0.2) is 9.37 Å². The van der Waals surface area contributed by atoms with E-state index in [1.54, 1.807) is 17.0 Å². The van der Waals surface area contributed by atoms with Crippen LogP contribution in [0.25, 0.3) is 0 Å². The molecule has 1 aromatic heterocycles. The van der Waals surface area contributed by atoms with Gasteiger partial charge in [0.1, 0.15) is 17.6 Å². The number of amides is 3. The maximum atomic E-state index is 13.1. The van der Waals surface area contributed by atoms with Gasteiger partial charge in [0.2, 0.25) is 11.8 Å². The molecule has 0 aliphatic carbocycles. The molecule has 2 N–H and O–H groups in total. The molecule has 30 heavy (non-hydrogen) atoms. The zero-order chi connectivity index (χ0) is 21.5. The van der Waals surface area contributed by atoms with Crippen LogP contribution in [0.1, 0.15) is 35.8 Å². The summed E-state index contributed by atoms with van der Waals surface area (Å²) < 4.78 is 13.1. The standard InChI is InChI=1S/C21H24FN5O3/c1-14(28)25-18(12-15-2-4-16(22)5-3-15)20(29)26-17-6-10-27(11-7-17)21(30)19-13-23-8-9-24-19/h2-5,8-9,13,17-18H,6-7,10-12H2,1H3,(H,25,28)(H,26,29). The van der Waals surface area contributed by atoms with E-state index in [0.717, 1.165) is 5.56 Å². The number of likely N-dealkylation sites (tertiary alicyclic amines) is 1. The van der Waals surface area contributed by atoms with Crippen molar-refractivity contribution in [2.24, 2.45) is 0 Å². The van der Waals surface area contributed by atoms with Crippen molar-refractivity contribution >= 4 is 17.7 Å². The number of carbonyl (C=O) groups excluding carboxylic acids is 3. The Hall–Kier alpha value is -3.36. The van der Waals surface area contributed by atoms with E-state index in [4.69, 9.17) is 0 Å². The number of halogens is 1. The Balaban J connectivity index is 1.55. The van der Waals surface area contributed by atoms with Gasteiger partial charge in [0, 0.05) is 44.9 Å². The largest absolute Gasteiger partial charge is 0.351 e. The first kappa shape index (κ1) is 21.4. The Morgan fingerprint density at radius 1 is 1.17 bits per heavy atom. The SMILES string of the molecule is CC(=O)NC(Cc1ccc(F)cc1)C(=O)NC1CCN(C(=O)c2cnccn2)CC1. The van der Waals surface area contributed by atoms with Crippen LogP contribution in [0.4, 0.5) is 4.39 Å². The second-order valence-corrected chi connectivity index (χ2v) is 7.25. The molecule has 3 amide bonds. The third-order valence-corrected chi connectivity index (χ3v) is 4.96. The van der Waals surface area contributed by atoms with Crippen LogP contribution >= 0.6 is 0 Å². The molecular formula is C21H24FN5O3. The zero-order valence-electron chi connectivity index (χ0n) is 16.7. The molecule has 0 radical (unpaired) electrons. The van der Waals surface area contributed by atoms with Gasteiger partial charge in [0.15, 0.2) is 0 Å². The number of nitrogens with one attached hydrogen (secondary N) is 2. The van der Waals surface area contributed by atoms with Crippen molar-refractivity contribution in [3.8, 4) is 0 Å². The third kappa shape index (κ3) is 5.82. The van der Waals surface area contributed by atoms with Gasteiger partial charge in [-0.2, -0.15) is 0 Å². The highest BCUT2D eigenvalue weighted by atomic mass is 19.1. The van der Waals surface area contributed by atoms with Crippen LogP contribution in [-0.2, 0) is 16.0 Å². The van der Waals surface area contributed by atoms with E-state index in [-0.39, 0.29) is 36.0 Å². The van der Waals surface area contributed by atoms with Crippen molar-refractivity contribution in [2.75, 3.05) is 13.1 Å². The van der Waals surface area contributed by atoms with Crippen molar-refractivity contribution in [3.63, 3.8) is 0 Å². The van der Waals surface area contributed by atoms with Gasteiger partial charge in [-0.1, -0.05) is 12.1 Å². The lowest BCUT2D eigenvalue weighted by atomic mass is 10.0. The maximum Gasteiger partial charge on any atom is 0.274 e. The summed E-state index contributed by atoms with van der Waals surface area (Å²) in [6.07, 6.45) is 5.88. The average Bonchev–Trinajstić information content (AvgIpc) is 2.75. The summed E-state index contributed by atoms with van der Waals surface area (Å²) in [6.45, 7) is 2.33. The van der Waals surface area contributed by atoms with Gasteiger partial charge in [0.05, 0.1) is 6.20 Å². The second-order valence-electron chi connectivity index (χ2n) is 7.25. The highest BCUT2D eigenvalue weighted by Crippen LogP contribution is 2.14. The summed E-state index contributed by atoms with van der Waals surface area (Å²) >= 11 is 0. The van der Waals surface area contributed by atoms with Crippen LogP contribution in [0.5, 0.6) is 0 Å². The summed E-state index contributed by atoms with van der Waals surface area (Å²) in [5.41, 5.74) is 1.04. The van der Waals surface area contributed by atoms with Crippen LogP contribution in [0.15, 0.2) is 42.9 Å². The summed E-state index contributed by atoms with van der Waals surface area (Å²) in [7, 11) is 0. The fourth-order valence-electron chi connectivity index (χ4n) is 3.41. The molecule has 2 aromatic rings. The molecule has 9 heteroatoms. The first-order valence-corrected chi connectivity index (χ1v) is 9.79. The smallest absolute Gasteiger partial charge is 0.274 e. The van der Waals surface area contributed by atoms with Crippen molar-refractivity contribution in [1.82, 2.24) is 25.5 Å². The molecule has 158 valence electrons. The Morgan fingerprint density at radius 3 is 2.47 bits per heavy atom. The molecular weight excluding hydrogens is 389 g/mol. The molecule has 2 heterocycles. The van der Waals surface area contributed by atoms with Crippen LogP contribution in [0.2, 0.25) is 0 Å². The first-order chi connectivity index (χ1) is 14.4. The number of carbonyl (C=O) groups is 3. The van der Waals surface area contributed by atoms with Crippen molar-refractivity contribution in [2.45, 2.75) is 38.3 Å². The summed E-state index contributed by atoms with van der Waals surface area (Å²) in [6, 6.07) is 4.96. The fraction of sp³-hybridized carbons (Fsp3) is 0.381. The number of rotatable bonds is 6. The summed E-state index contributed by atoms with van der Waals surface area (Å²) in [5.74, 6) is -1.16. The van der Waals surface area contributed by atoms with Crippen molar-refractivity contribution < 1.29 is 18.8 Å². The second kappa shape index (κ2) is 9.91. The maximum absolute atomic E-state index is 13.1. The lowest BCUT2D eigenvalue weighted by Gasteiger charge is -2.33. The number of benzene rings is 1. The highest BCUT2D eigenvalue weighted by molar-refractivity contribution is 5.92. The molecule has 1 unspecified atom stereocenters. The van der Waals surface area contributed by atoms with E-state index in [0.29, 0.717) is 31.6 Å². The summed E-state index contributed by atoms with van der Waals surface area (Å²) in [4.78, 5) is 46.4. The summed E-state index contributed by atoms with van der Waals surface area (Å²) in [5, 5.41) is 5.62. The van der Waals surface area contributed by atoms with Crippen molar-refractivity contribution in [3.05, 3.63) is 59.9 Å². The van der Waals surface area contributed by atoms with E-state index in [2.05, 4.69) is 20.6 Å². The zero-order valence-corrected chi connectivity index (χ0v) is 16.7. The Kier molecular flexibility index (Phi) is 7.05. The van der Waals surface area contributed by atoms with Gasteiger partial charge in [-0.3, -0.25) is 19.4 Å². The lowest BCUT2D eigenvalue weighted by molar-refractivity contribution is -0.128. The topological polar surface area (TPSA) is 104 Å². The van der Waals surface area contributed by atoms with Crippen LogP contribution in [0, 0.1) is 5.82 Å². The van der Waals surface area contributed by atoms with E-state index in [1.165, 1.54) is 37.6 Å². The number of hydrogen-bond acceptors (Lipinski definition) is 5. The van der Waals surface area contributed by atoms with Gasteiger partial charge < -0.3 is 15.5 Å². The Bertz CT molecular complexity index is 883. The highest BCUT2D eigenvalue weighted by Gasteiger charge is 2.28.